The largest absolute Gasteiger partial charge is 0.458 e. The maximum absolute atomic E-state index is 14.6. The van der Waals surface area contributed by atoms with E-state index < -0.39 is 53.2 Å². The highest BCUT2D eigenvalue weighted by Crippen LogP contribution is 2.28. The molecule has 0 bridgehead atoms. The van der Waals surface area contributed by atoms with Gasteiger partial charge in [-0.05, 0) is 77.5 Å². The summed E-state index contributed by atoms with van der Waals surface area (Å²) in [6.45, 7) is 18.6. The van der Waals surface area contributed by atoms with Gasteiger partial charge in [-0.15, -0.1) is 0 Å². The molecule has 0 radical (unpaired) electrons. The van der Waals surface area contributed by atoms with Crippen molar-refractivity contribution < 1.29 is 28.7 Å². The molecule has 254 valence electrons. The Bertz CT molecular complexity index is 1300. The van der Waals surface area contributed by atoms with Crippen LogP contribution < -0.4 is 10.6 Å². The van der Waals surface area contributed by atoms with E-state index in [0.717, 1.165) is 17.5 Å². The molecule has 4 atom stereocenters. The predicted molar refractivity (Wildman–Crippen MR) is 181 cm³/mol. The number of nitrogens with zero attached hydrogens (tertiary/aromatic N) is 1. The molecule has 9 heteroatoms. The summed E-state index contributed by atoms with van der Waals surface area (Å²) in [4.78, 5) is 57.1. The van der Waals surface area contributed by atoms with Crippen molar-refractivity contribution in [2.24, 2.45) is 5.92 Å². The molecule has 46 heavy (non-hydrogen) atoms. The van der Waals surface area contributed by atoms with Crippen LogP contribution in [-0.4, -0.2) is 58.6 Å². The van der Waals surface area contributed by atoms with Crippen LogP contribution in [0.25, 0.3) is 0 Å². The molecule has 0 saturated carbocycles. The first-order valence-corrected chi connectivity index (χ1v) is 16.4. The molecule has 0 aliphatic rings. The average Bonchev–Trinajstić information content (AvgIpc) is 2.96. The number of hydrogen-bond donors (Lipinski definition) is 2. The number of aryl methyl sites for hydroxylation is 1. The van der Waals surface area contributed by atoms with Crippen molar-refractivity contribution in [3.63, 3.8) is 0 Å². The third kappa shape index (κ3) is 12.1. The number of alkyl carbamates (subject to hydrolysis) is 1. The van der Waals surface area contributed by atoms with Crippen LogP contribution in [0.5, 0.6) is 0 Å². The first-order valence-electron chi connectivity index (χ1n) is 16.4. The number of carbonyl (C=O) groups is 4. The smallest absolute Gasteiger partial charge is 0.408 e. The summed E-state index contributed by atoms with van der Waals surface area (Å²) in [5, 5.41) is 5.76. The van der Waals surface area contributed by atoms with Crippen molar-refractivity contribution in [2.45, 2.75) is 124 Å². The Balaban J connectivity index is 2.63. The van der Waals surface area contributed by atoms with Crippen LogP contribution in [0.2, 0.25) is 0 Å². The monoisotopic (exact) mass is 637 g/mol. The molecule has 2 aromatic carbocycles. The van der Waals surface area contributed by atoms with E-state index in [-0.39, 0.29) is 18.9 Å². The van der Waals surface area contributed by atoms with Crippen LogP contribution >= 0.6 is 0 Å². The topological polar surface area (TPSA) is 114 Å². The van der Waals surface area contributed by atoms with E-state index in [9.17, 15) is 19.2 Å². The standard InChI is InChI=1S/C37H55N3O6/c1-11-13-23-40(33(42)30(25(3)12-2)39-35(44)46-37(8,9)10)31(28-22-18-17-19-26(28)4)32(41)38-29(34(43)45-36(5,6)7)24-27-20-15-14-16-21-27/h14-22,25,29-31H,11-13,23-24H2,1-10H3,(H,38,41)(H,39,44). The highest BCUT2D eigenvalue weighted by Gasteiger charge is 2.40. The minimum absolute atomic E-state index is 0.209. The number of rotatable bonds is 14. The SMILES string of the molecule is CCCCN(C(=O)C(NC(=O)OC(C)(C)C)C(C)CC)C(C(=O)NC(Cc1ccccc1)C(=O)OC(C)(C)C)c1ccccc1C. The summed E-state index contributed by atoms with van der Waals surface area (Å²) in [6, 6.07) is 13.8. The third-order valence-electron chi connectivity index (χ3n) is 7.52. The van der Waals surface area contributed by atoms with Crippen molar-refractivity contribution in [3.05, 3.63) is 71.3 Å². The fourth-order valence-electron chi connectivity index (χ4n) is 5.00. The van der Waals surface area contributed by atoms with Gasteiger partial charge in [-0.3, -0.25) is 9.59 Å². The fraction of sp³-hybridized carbons (Fsp3) is 0.568. The van der Waals surface area contributed by atoms with Crippen LogP contribution in [0.15, 0.2) is 54.6 Å². The second-order valence-corrected chi connectivity index (χ2v) is 13.9. The van der Waals surface area contributed by atoms with Crippen LogP contribution in [-0.2, 0) is 30.3 Å². The lowest BCUT2D eigenvalue weighted by atomic mass is 9.94. The molecular formula is C37H55N3O6. The number of carbonyl (C=O) groups excluding carboxylic acids is 4. The summed E-state index contributed by atoms with van der Waals surface area (Å²) in [7, 11) is 0. The van der Waals surface area contributed by atoms with Crippen molar-refractivity contribution in [1.29, 1.82) is 0 Å². The average molecular weight is 638 g/mol. The van der Waals surface area contributed by atoms with E-state index in [0.29, 0.717) is 18.4 Å². The van der Waals surface area contributed by atoms with Crippen molar-refractivity contribution in [3.8, 4) is 0 Å². The lowest BCUT2D eigenvalue weighted by Gasteiger charge is -2.37. The minimum Gasteiger partial charge on any atom is -0.458 e. The van der Waals surface area contributed by atoms with Gasteiger partial charge >= 0.3 is 12.1 Å². The number of hydrogen-bond acceptors (Lipinski definition) is 6. The van der Waals surface area contributed by atoms with E-state index in [1.165, 1.54) is 0 Å². The summed E-state index contributed by atoms with van der Waals surface area (Å²) < 4.78 is 11.2. The number of unbranched alkanes of at least 4 members (excludes halogenated alkanes) is 1. The zero-order valence-corrected chi connectivity index (χ0v) is 29.4. The van der Waals surface area contributed by atoms with Gasteiger partial charge < -0.3 is 25.0 Å². The molecule has 0 aromatic heterocycles. The maximum atomic E-state index is 14.6. The van der Waals surface area contributed by atoms with Gasteiger partial charge in [-0.25, -0.2) is 9.59 Å². The predicted octanol–water partition coefficient (Wildman–Crippen LogP) is 6.67. The fourth-order valence-corrected chi connectivity index (χ4v) is 5.00. The molecule has 0 heterocycles. The normalized spacial score (nSPS) is 14.3. The molecular weight excluding hydrogens is 582 g/mol. The summed E-state index contributed by atoms with van der Waals surface area (Å²) in [5.41, 5.74) is 0.768. The van der Waals surface area contributed by atoms with E-state index in [1.807, 2.05) is 82.3 Å². The molecule has 2 aromatic rings. The van der Waals surface area contributed by atoms with Crippen molar-refractivity contribution in [2.75, 3.05) is 6.54 Å². The molecule has 0 aliphatic carbocycles. The molecule has 2 N–H and O–H groups in total. The Hall–Kier alpha value is -3.88. The zero-order valence-electron chi connectivity index (χ0n) is 29.4. The summed E-state index contributed by atoms with van der Waals surface area (Å²) in [6.07, 6.45) is 1.51. The molecule has 0 aliphatic heterocycles. The van der Waals surface area contributed by atoms with Gasteiger partial charge in [0.1, 0.15) is 29.3 Å². The van der Waals surface area contributed by atoms with Gasteiger partial charge in [0, 0.05) is 13.0 Å². The molecule has 0 fully saturated rings. The van der Waals surface area contributed by atoms with Gasteiger partial charge in [0.2, 0.25) is 11.8 Å². The Morgan fingerprint density at radius 1 is 0.826 bits per heavy atom. The Morgan fingerprint density at radius 3 is 1.96 bits per heavy atom. The Kier molecular flexibility index (Phi) is 14.3. The molecule has 4 unspecified atom stereocenters. The van der Waals surface area contributed by atoms with Crippen LogP contribution in [0.4, 0.5) is 4.79 Å². The molecule has 0 saturated heterocycles. The van der Waals surface area contributed by atoms with E-state index >= 15 is 0 Å². The first-order chi connectivity index (χ1) is 21.5. The number of esters is 1. The first kappa shape index (κ1) is 38.3. The number of amides is 3. The number of nitrogens with one attached hydrogen (secondary N) is 2. The van der Waals surface area contributed by atoms with E-state index in [1.54, 1.807) is 46.4 Å². The van der Waals surface area contributed by atoms with Gasteiger partial charge in [-0.1, -0.05) is 88.2 Å². The number of benzene rings is 2. The second kappa shape index (κ2) is 17.2. The highest BCUT2D eigenvalue weighted by atomic mass is 16.6. The molecule has 3 amide bonds. The van der Waals surface area contributed by atoms with E-state index in [2.05, 4.69) is 10.6 Å². The quantitative estimate of drug-likeness (QED) is 0.224. The maximum Gasteiger partial charge on any atom is 0.408 e. The molecule has 0 spiro atoms. The van der Waals surface area contributed by atoms with Gasteiger partial charge in [0.15, 0.2) is 0 Å². The van der Waals surface area contributed by atoms with E-state index in [4.69, 9.17) is 9.47 Å². The summed E-state index contributed by atoms with van der Waals surface area (Å²) in [5.74, 6) is -1.72. The lowest BCUT2D eigenvalue weighted by Crippen LogP contribution is -2.56. The highest BCUT2D eigenvalue weighted by molar-refractivity contribution is 5.94. The Labute approximate surface area is 275 Å². The van der Waals surface area contributed by atoms with Crippen molar-refractivity contribution >= 4 is 23.9 Å². The van der Waals surface area contributed by atoms with Gasteiger partial charge in [0.25, 0.3) is 0 Å². The van der Waals surface area contributed by atoms with Crippen LogP contribution in [0.1, 0.15) is 104 Å². The Morgan fingerprint density at radius 2 is 1.41 bits per heavy atom. The van der Waals surface area contributed by atoms with Crippen molar-refractivity contribution in [1.82, 2.24) is 15.5 Å². The second-order valence-electron chi connectivity index (χ2n) is 13.9. The minimum atomic E-state index is -1.08. The van der Waals surface area contributed by atoms with Gasteiger partial charge in [-0.2, -0.15) is 0 Å². The molecule has 9 nitrogen and oxygen atoms in total. The van der Waals surface area contributed by atoms with Gasteiger partial charge in [0.05, 0.1) is 0 Å². The number of ether oxygens (including phenoxy) is 2. The lowest BCUT2D eigenvalue weighted by molar-refractivity contribution is -0.159. The van der Waals surface area contributed by atoms with Crippen LogP contribution in [0, 0.1) is 12.8 Å². The van der Waals surface area contributed by atoms with Crippen LogP contribution in [0.3, 0.4) is 0 Å². The third-order valence-corrected chi connectivity index (χ3v) is 7.52. The molecule has 2 rings (SSSR count). The zero-order chi connectivity index (χ0) is 34.7. The summed E-state index contributed by atoms with van der Waals surface area (Å²) >= 11 is 0.